The number of carbonyl (C=O) groups excluding carboxylic acids is 2. The molecule has 3 rings (SSSR count). The maximum atomic E-state index is 13.3. The number of nitrogens with zero attached hydrogens (tertiary/aromatic N) is 1. The Bertz CT molecular complexity index is 596. The highest BCUT2D eigenvalue weighted by atomic mass is 19.1. The molecule has 1 N–H and O–H groups in total. The van der Waals surface area contributed by atoms with Crippen molar-refractivity contribution in [2.75, 3.05) is 11.9 Å². The van der Waals surface area contributed by atoms with Crippen LogP contribution in [0.4, 0.5) is 10.1 Å². The molecule has 118 valence electrons. The number of amides is 2. The predicted octanol–water partition coefficient (Wildman–Crippen LogP) is 2.86. The summed E-state index contributed by atoms with van der Waals surface area (Å²) in [4.78, 5) is 26.4. The van der Waals surface area contributed by atoms with Crippen LogP contribution in [-0.4, -0.2) is 29.3 Å². The number of rotatable bonds is 3. The molecular weight excluding hydrogens is 283 g/mol. The molecule has 1 saturated carbocycles. The summed E-state index contributed by atoms with van der Waals surface area (Å²) in [5.74, 6) is -0.836. The minimum absolute atomic E-state index is 0.0722. The van der Waals surface area contributed by atoms with E-state index in [2.05, 4.69) is 5.32 Å². The second kappa shape index (κ2) is 6.07. The Hall–Kier alpha value is -1.91. The lowest BCUT2D eigenvalue weighted by Crippen LogP contribution is -2.35. The highest BCUT2D eigenvalue weighted by Gasteiger charge is 2.38. The monoisotopic (exact) mass is 304 g/mol. The molecule has 1 aliphatic heterocycles. The van der Waals surface area contributed by atoms with Gasteiger partial charge in [-0.05, 0) is 37.5 Å². The minimum atomic E-state index is -0.379. The molecule has 4 nitrogen and oxygen atoms in total. The van der Waals surface area contributed by atoms with E-state index >= 15 is 0 Å². The molecule has 1 aromatic carbocycles. The van der Waals surface area contributed by atoms with E-state index in [9.17, 15) is 14.0 Å². The zero-order valence-electron chi connectivity index (χ0n) is 12.8. The third-order valence-electron chi connectivity index (χ3n) is 4.75. The van der Waals surface area contributed by atoms with Gasteiger partial charge in [-0.1, -0.05) is 18.9 Å². The van der Waals surface area contributed by atoms with Gasteiger partial charge in [0.2, 0.25) is 11.8 Å². The highest BCUT2D eigenvalue weighted by molar-refractivity contribution is 5.97. The lowest BCUT2D eigenvalue weighted by molar-refractivity contribution is -0.129. The van der Waals surface area contributed by atoms with Crippen molar-refractivity contribution in [3.8, 4) is 0 Å². The molecule has 2 aliphatic rings. The van der Waals surface area contributed by atoms with Crippen LogP contribution >= 0.6 is 0 Å². The van der Waals surface area contributed by atoms with Crippen LogP contribution < -0.4 is 5.32 Å². The van der Waals surface area contributed by atoms with Crippen LogP contribution in [0.1, 0.15) is 37.7 Å². The lowest BCUT2D eigenvalue weighted by Gasteiger charge is -2.23. The summed E-state index contributed by atoms with van der Waals surface area (Å²) in [5.41, 5.74) is 1.29. The van der Waals surface area contributed by atoms with Crippen molar-refractivity contribution < 1.29 is 14.0 Å². The number of likely N-dealkylation sites (tertiary alicyclic amines) is 1. The lowest BCUT2D eigenvalue weighted by atomic mass is 10.1. The van der Waals surface area contributed by atoms with Gasteiger partial charge in [-0.2, -0.15) is 0 Å². The average Bonchev–Trinajstić information content (AvgIpc) is 3.11. The summed E-state index contributed by atoms with van der Waals surface area (Å²) in [6, 6.07) is 4.63. The summed E-state index contributed by atoms with van der Waals surface area (Å²) in [6.45, 7) is 2.31. The number of nitrogens with one attached hydrogen (secondary N) is 1. The number of benzene rings is 1. The Morgan fingerprint density at radius 2 is 2.05 bits per heavy atom. The van der Waals surface area contributed by atoms with Crippen LogP contribution in [0.5, 0.6) is 0 Å². The van der Waals surface area contributed by atoms with Gasteiger partial charge in [0.05, 0.1) is 5.92 Å². The average molecular weight is 304 g/mol. The Balaban J connectivity index is 1.65. The van der Waals surface area contributed by atoms with Crippen LogP contribution in [0.2, 0.25) is 0 Å². The zero-order valence-corrected chi connectivity index (χ0v) is 12.8. The van der Waals surface area contributed by atoms with E-state index in [1.165, 1.54) is 12.1 Å². The van der Waals surface area contributed by atoms with E-state index in [-0.39, 0.29) is 30.0 Å². The molecule has 1 saturated heterocycles. The normalized spacial score (nSPS) is 22.4. The molecule has 5 heteroatoms. The van der Waals surface area contributed by atoms with Gasteiger partial charge in [-0.3, -0.25) is 9.59 Å². The maximum absolute atomic E-state index is 13.3. The van der Waals surface area contributed by atoms with Gasteiger partial charge in [0.25, 0.3) is 0 Å². The predicted molar refractivity (Wildman–Crippen MR) is 81.8 cm³/mol. The quantitative estimate of drug-likeness (QED) is 0.933. The van der Waals surface area contributed by atoms with Gasteiger partial charge < -0.3 is 10.2 Å². The standard InChI is InChI=1S/C17H21FN2O2/c1-11-6-7-13(18)9-15(11)19-17(22)12-8-16(21)20(10-12)14-4-2-3-5-14/h6-7,9,12,14H,2-5,8,10H2,1H3,(H,19,22). The molecule has 0 aromatic heterocycles. The molecule has 0 bridgehead atoms. The number of anilines is 1. The van der Waals surface area contributed by atoms with Crippen LogP contribution in [0, 0.1) is 18.7 Å². The van der Waals surface area contributed by atoms with E-state index < -0.39 is 0 Å². The van der Waals surface area contributed by atoms with Gasteiger partial charge in [0.15, 0.2) is 0 Å². The Labute approximate surface area is 129 Å². The molecule has 1 unspecified atom stereocenters. The molecule has 1 atom stereocenters. The summed E-state index contributed by atoms with van der Waals surface area (Å²) in [7, 11) is 0. The molecule has 1 aliphatic carbocycles. The summed E-state index contributed by atoms with van der Waals surface area (Å²) >= 11 is 0. The zero-order chi connectivity index (χ0) is 15.7. The summed E-state index contributed by atoms with van der Waals surface area (Å²) in [6.07, 6.45) is 4.67. The fraction of sp³-hybridized carbons (Fsp3) is 0.529. The van der Waals surface area contributed by atoms with Gasteiger partial charge >= 0.3 is 0 Å². The number of aryl methyl sites for hydroxylation is 1. The van der Waals surface area contributed by atoms with Gasteiger partial charge in [-0.15, -0.1) is 0 Å². The third-order valence-corrected chi connectivity index (χ3v) is 4.75. The first-order valence-electron chi connectivity index (χ1n) is 7.91. The number of hydrogen-bond acceptors (Lipinski definition) is 2. The summed E-state index contributed by atoms with van der Waals surface area (Å²) in [5, 5.41) is 2.77. The molecule has 2 amide bonds. The molecule has 1 heterocycles. The first kappa shape index (κ1) is 15.0. The molecule has 1 aromatic rings. The van der Waals surface area contributed by atoms with E-state index in [0.29, 0.717) is 18.3 Å². The number of hydrogen-bond donors (Lipinski definition) is 1. The number of halogens is 1. The van der Waals surface area contributed by atoms with E-state index in [4.69, 9.17) is 0 Å². The van der Waals surface area contributed by atoms with Crippen molar-refractivity contribution in [1.29, 1.82) is 0 Å². The Kier molecular flexibility index (Phi) is 4.14. The fourth-order valence-electron chi connectivity index (χ4n) is 3.44. The van der Waals surface area contributed by atoms with Crippen molar-refractivity contribution in [3.05, 3.63) is 29.6 Å². The Morgan fingerprint density at radius 1 is 1.32 bits per heavy atom. The van der Waals surface area contributed by atoms with Crippen molar-refractivity contribution >= 4 is 17.5 Å². The molecule has 0 radical (unpaired) electrons. The smallest absolute Gasteiger partial charge is 0.229 e. The SMILES string of the molecule is Cc1ccc(F)cc1NC(=O)C1CC(=O)N(C2CCCC2)C1. The van der Waals surface area contributed by atoms with Crippen LogP contribution in [0.25, 0.3) is 0 Å². The van der Waals surface area contributed by atoms with Crippen molar-refractivity contribution in [1.82, 2.24) is 4.90 Å². The molecule has 2 fully saturated rings. The van der Waals surface area contributed by atoms with Crippen molar-refractivity contribution in [2.24, 2.45) is 5.92 Å². The summed E-state index contributed by atoms with van der Waals surface area (Å²) < 4.78 is 13.3. The second-order valence-electron chi connectivity index (χ2n) is 6.33. The second-order valence-corrected chi connectivity index (χ2v) is 6.33. The van der Waals surface area contributed by atoms with E-state index in [1.54, 1.807) is 6.07 Å². The van der Waals surface area contributed by atoms with E-state index in [0.717, 1.165) is 31.2 Å². The van der Waals surface area contributed by atoms with Crippen LogP contribution in [0.3, 0.4) is 0 Å². The van der Waals surface area contributed by atoms with Crippen molar-refractivity contribution in [3.63, 3.8) is 0 Å². The fourth-order valence-corrected chi connectivity index (χ4v) is 3.44. The first-order valence-corrected chi connectivity index (χ1v) is 7.91. The van der Waals surface area contributed by atoms with Crippen LogP contribution in [-0.2, 0) is 9.59 Å². The van der Waals surface area contributed by atoms with Gasteiger partial charge in [-0.25, -0.2) is 4.39 Å². The highest BCUT2D eigenvalue weighted by Crippen LogP contribution is 2.30. The third kappa shape index (κ3) is 2.98. The molecule has 0 spiro atoms. The minimum Gasteiger partial charge on any atom is -0.339 e. The van der Waals surface area contributed by atoms with E-state index in [1.807, 2.05) is 11.8 Å². The first-order chi connectivity index (χ1) is 10.5. The molecule has 22 heavy (non-hydrogen) atoms. The Morgan fingerprint density at radius 3 is 2.77 bits per heavy atom. The number of carbonyl (C=O) groups is 2. The maximum Gasteiger partial charge on any atom is 0.229 e. The van der Waals surface area contributed by atoms with Gasteiger partial charge in [0.1, 0.15) is 5.82 Å². The topological polar surface area (TPSA) is 49.4 Å². The largest absolute Gasteiger partial charge is 0.339 e. The van der Waals surface area contributed by atoms with Crippen molar-refractivity contribution in [2.45, 2.75) is 45.1 Å². The van der Waals surface area contributed by atoms with Gasteiger partial charge in [0, 0.05) is 24.7 Å². The molecular formula is C17H21FN2O2. The van der Waals surface area contributed by atoms with Crippen LogP contribution in [0.15, 0.2) is 18.2 Å².